The molecule has 1 fully saturated rings. The first-order valence-electron chi connectivity index (χ1n) is 11.8. The molecule has 0 aliphatic carbocycles. The maximum atomic E-state index is 13.0. The third-order valence-corrected chi connectivity index (χ3v) is 6.16. The van der Waals surface area contributed by atoms with Crippen LogP contribution in [0.25, 0.3) is 5.57 Å². The maximum absolute atomic E-state index is 13.0. The lowest BCUT2D eigenvalue weighted by Gasteiger charge is -2.44. The van der Waals surface area contributed by atoms with Gasteiger partial charge in [0.1, 0.15) is 5.70 Å². The number of esters is 2. The average Bonchev–Trinajstić information content (AvgIpc) is 3.44. The summed E-state index contributed by atoms with van der Waals surface area (Å²) in [6.45, 7) is 5.97. The lowest BCUT2D eigenvalue weighted by atomic mass is 9.82. The summed E-state index contributed by atoms with van der Waals surface area (Å²) in [7, 11) is 0. The van der Waals surface area contributed by atoms with Crippen molar-refractivity contribution < 1.29 is 38.2 Å². The largest absolute Gasteiger partial charge is 0.449 e. The lowest BCUT2D eigenvalue weighted by Crippen LogP contribution is -2.61. The summed E-state index contributed by atoms with van der Waals surface area (Å²) >= 11 is 0. The van der Waals surface area contributed by atoms with Gasteiger partial charge in [0.05, 0.1) is 29.7 Å². The SMILES string of the molecule is C[C@@H](O)[C@H]1C(=O)N2C(C(=O)OCOC(=O)C(C)(C)C)=C(c3ccc(NC(=O)Nc4ccco4)cc3)C[C@H]12. The second kappa shape index (κ2) is 10.1. The highest BCUT2D eigenvalue weighted by Crippen LogP contribution is 2.47. The summed E-state index contributed by atoms with van der Waals surface area (Å²) in [6, 6.07) is 9.09. The zero-order valence-electron chi connectivity index (χ0n) is 20.9. The zero-order valence-corrected chi connectivity index (χ0v) is 20.9. The molecule has 196 valence electrons. The van der Waals surface area contributed by atoms with E-state index in [-0.39, 0.29) is 17.6 Å². The monoisotopic (exact) mass is 511 g/mol. The number of carbonyl (C=O) groups is 4. The minimum absolute atomic E-state index is 0.0509. The van der Waals surface area contributed by atoms with Crippen molar-refractivity contribution in [3.05, 3.63) is 53.9 Å². The standard InChI is InChI=1S/C26H29N3O8/c1-14(30)20-18-12-17(15-7-9-16(10-8-15)27-25(34)28-19-6-5-11-35-19)21(29(18)22(20)31)23(32)36-13-37-24(33)26(2,3)4/h5-11,14,18,20,30H,12-13H2,1-4H3,(H2,27,28,34)/t14-,18-,20-/m1/s1. The van der Waals surface area contributed by atoms with E-state index in [0.29, 0.717) is 29.1 Å². The third kappa shape index (κ3) is 5.36. The molecular weight excluding hydrogens is 482 g/mol. The highest BCUT2D eigenvalue weighted by Gasteiger charge is 2.57. The molecule has 1 saturated heterocycles. The first kappa shape index (κ1) is 26.0. The summed E-state index contributed by atoms with van der Waals surface area (Å²) in [6.07, 6.45) is 0.893. The number of furan rings is 1. The van der Waals surface area contributed by atoms with Crippen molar-refractivity contribution in [3.63, 3.8) is 0 Å². The molecule has 2 aliphatic heterocycles. The molecule has 0 radical (unpaired) electrons. The summed E-state index contributed by atoms with van der Waals surface area (Å²) in [5, 5.41) is 15.3. The number of β-lactam (4-membered cyclic amide) rings is 1. The molecule has 3 atom stereocenters. The van der Waals surface area contributed by atoms with E-state index in [2.05, 4.69) is 10.6 Å². The van der Waals surface area contributed by atoms with Crippen molar-refractivity contribution in [1.29, 1.82) is 0 Å². The van der Waals surface area contributed by atoms with Gasteiger partial charge >= 0.3 is 18.0 Å². The number of rotatable bonds is 7. The number of carbonyl (C=O) groups excluding carboxylic acids is 4. The molecule has 3 heterocycles. The van der Waals surface area contributed by atoms with E-state index >= 15 is 0 Å². The van der Waals surface area contributed by atoms with Crippen molar-refractivity contribution in [2.75, 3.05) is 17.4 Å². The van der Waals surface area contributed by atoms with E-state index in [1.165, 1.54) is 18.1 Å². The minimum Gasteiger partial charge on any atom is -0.449 e. The van der Waals surface area contributed by atoms with Gasteiger partial charge in [0.2, 0.25) is 18.6 Å². The Morgan fingerprint density at radius 1 is 1.14 bits per heavy atom. The average molecular weight is 512 g/mol. The molecule has 2 aliphatic rings. The van der Waals surface area contributed by atoms with Crippen LogP contribution < -0.4 is 10.6 Å². The molecule has 0 spiro atoms. The number of hydrogen-bond acceptors (Lipinski definition) is 8. The number of amides is 3. The Morgan fingerprint density at radius 3 is 2.43 bits per heavy atom. The molecule has 0 bridgehead atoms. The Balaban J connectivity index is 1.51. The quantitative estimate of drug-likeness (QED) is 0.291. The van der Waals surface area contributed by atoms with Gasteiger partial charge in [-0.2, -0.15) is 0 Å². The molecule has 11 nitrogen and oxygen atoms in total. The van der Waals surface area contributed by atoms with Crippen LogP contribution in [-0.4, -0.2) is 52.8 Å². The van der Waals surface area contributed by atoms with Gasteiger partial charge in [-0.05, 0) is 63.5 Å². The van der Waals surface area contributed by atoms with Gasteiger partial charge in [0.25, 0.3) is 0 Å². The van der Waals surface area contributed by atoms with Crippen LogP contribution in [0.1, 0.15) is 39.7 Å². The Kier molecular flexibility index (Phi) is 7.08. The Labute approximate surface area is 213 Å². The van der Waals surface area contributed by atoms with Crippen LogP contribution in [0.3, 0.4) is 0 Å². The summed E-state index contributed by atoms with van der Waals surface area (Å²) < 4.78 is 15.3. The molecule has 1 aromatic carbocycles. The number of fused-ring (bicyclic) bond motifs is 1. The molecule has 3 amide bonds. The predicted molar refractivity (Wildman–Crippen MR) is 132 cm³/mol. The first-order valence-corrected chi connectivity index (χ1v) is 11.8. The number of anilines is 2. The molecule has 11 heteroatoms. The lowest BCUT2D eigenvalue weighted by molar-refractivity contribution is -0.175. The van der Waals surface area contributed by atoms with Gasteiger partial charge in [-0.25, -0.2) is 9.59 Å². The predicted octanol–water partition coefficient (Wildman–Crippen LogP) is 3.34. The smallest absolute Gasteiger partial charge is 0.358 e. The van der Waals surface area contributed by atoms with Crippen molar-refractivity contribution in [3.8, 4) is 0 Å². The summed E-state index contributed by atoms with van der Waals surface area (Å²) in [5.41, 5.74) is 0.973. The normalized spacial score (nSPS) is 19.6. The fourth-order valence-electron chi connectivity index (χ4n) is 4.32. The minimum atomic E-state index is -0.877. The van der Waals surface area contributed by atoms with E-state index in [0.717, 1.165) is 0 Å². The molecule has 3 N–H and O–H groups in total. The first-order chi connectivity index (χ1) is 17.5. The highest BCUT2D eigenvalue weighted by molar-refractivity contribution is 6.07. The van der Waals surface area contributed by atoms with Gasteiger partial charge in [-0.3, -0.25) is 14.9 Å². The van der Waals surface area contributed by atoms with Crippen molar-refractivity contribution in [2.24, 2.45) is 11.3 Å². The Hall–Kier alpha value is -4.12. The third-order valence-electron chi connectivity index (χ3n) is 6.16. The van der Waals surface area contributed by atoms with Gasteiger partial charge in [0.15, 0.2) is 0 Å². The second-order valence-electron chi connectivity index (χ2n) is 9.94. The van der Waals surface area contributed by atoms with E-state index in [4.69, 9.17) is 13.9 Å². The Morgan fingerprint density at radius 2 is 1.84 bits per heavy atom. The number of aliphatic hydroxyl groups is 1. The number of nitrogens with zero attached hydrogens (tertiary/aromatic N) is 1. The number of hydrogen-bond donors (Lipinski definition) is 3. The molecule has 1 aromatic heterocycles. The van der Waals surface area contributed by atoms with Crippen LogP contribution in [-0.2, 0) is 23.9 Å². The number of nitrogens with one attached hydrogen (secondary N) is 2. The maximum Gasteiger partial charge on any atom is 0.358 e. The fourth-order valence-corrected chi connectivity index (χ4v) is 4.32. The van der Waals surface area contributed by atoms with Crippen LogP contribution >= 0.6 is 0 Å². The van der Waals surface area contributed by atoms with Crippen LogP contribution in [0.5, 0.6) is 0 Å². The van der Waals surface area contributed by atoms with Gasteiger partial charge < -0.3 is 29.2 Å². The number of aliphatic hydroxyl groups excluding tert-OH is 1. The highest BCUT2D eigenvalue weighted by atomic mass is 16.7. The summed E-state index contributed by atoms with van der Waals surface area (Å²) in [5.74, 6) is -2.06. The molecule has 37 heavy (non-hydrogen) atoms. The zero-order chi connectivity index (χ0) is 26.9. The molecule has 0 saturated carbocycles. The second-order valence-corrected chi connectivity index (χ2v) is 9.94. The van der Waals surface area contributed by atoms with Crippen LogP contribution in [0, 0.1) is 11.3 Å². The van der Waals surface area contributed by atoms with Crippen LogP contribution in [0.15, 0.2) is 52.8 Å². The molecule has 2 aromatic rings. The number of benzene rings is 1. The van der Waals surface area contributed by atoms with E-state index in [9.17, 15) is 24.3 Å². The van der Waals surface area contributed by atoms with E-state index < -0.39 is 42.2 Å². The molecule has 0 unspecified atom stereocenters. The summed E-state index contributed by atoms with van der Waals surface area (Å²) in [4.78, 5) is 51.3. The van der Waals surface area contributed by atoms with Gasteiger partial charge in [0, 0.05) is 11.8 Å². The number of ether oxygens (including phenoxy) is 2. The van der Waals surface area contributed by atoms with Crippen LogP contribution in [0.4, 0.5) is 16.4 Å². The van der Waals surface area contributed by atoms with Crippen molar-refractivity contribution in [1.82, 2.24) is 4.90 Å². The van der Waals surface area contributed by atoms with E-state index in [1.54, 1.807) is 57.2 Å². The van der Waals surface area contributed by atoms with Gasteiger partial charge in [-0.15, -0.1) is 0 Å². The fraction of sp³-hybridized carbons (Fsp3) is 0.385. The van der Waals surface area contributed by atoms with Crippen molar-refractivity contribution in [2.45, 2.75) is 46.3 Å². The van der Waals surface area contributed by atoms with E-state index in [1.807, 2.05) is 0 Å². The number of urea groups is 1. The van der Waals surface area contributed by atoms with Crippen LogP contribution in [0.2, 0.25) is 0 Å². The molecule has 4 rings (SSSR count). The Bertz CT molecular complexity index is 1230. The van der Waals surface area contributed by atoms with Crippen molar-refractivity contribution >= 4 is 41.0 Å². The topological polar surface area (TPSA) is 147 Å². The molecular formula is C26H29N3O8. The van der Waals surface area contributed by atoms with Gasteiger partial charge in [-0.1, -0.05) is 12.1 Å².